The molecule has 2 nitrogen and oxygen atoms in total. The van der Waals surface area contributed by atoms with Gasteiger partial charge in [0, 0.05) is 18.8 Å². The van der Waals surface area contributed by atoms with Crippen LogP contribution >= 0.6 is 0 Å². The smallest absolute Gasteiger partial charge is 0.123 e. The second-order valence-electron chi connectivity index (χ2n) is 7.69. The Balaban J connectivity index is 0.00000169. The molecule has 0 amide bonds. The van der Waals surface area contributed by atoms with Crippen molar-refractivity contribution < 1.29 is 33.6 Å². The fourth-order valence-corrected chi connectivity index (χ4v) is 4.87. The van der Waals surface area contributed by atoms with Gasteiger partial charge < -0.3 is 33.6 Å². The molecule has 3 saturated heterocycles. The zero-order valence-electron chi connectivity index (χ0n) is 14.2. The lowest BCUT2D eigenvalue weighted by atomic mass is 9.64. The Morgan fingerprint density at radius 2 is 1.33 bits per heavy atom. The van der Waals surface area contributed by atoms with E-state index < -0.39 is 5.60 Å². The first-order chi connectivity index (χ1) is 11.1. The Morgan fingerprint density at radius 3 is 1.75 bits per heavy atom. The van der Waals surface area contributed by atoms with Crippen molar-refractivity contribution in [2.24, 2.45) is 11.8 Å². The van der Waals surface area contributed by atoms with Crippen molar-refractivity contribution in [2.75, 3.05) is 26.7 Å². The zero-order valence-corrected chi connectivity index (χ0v) is 16.4. The van der Waals surface area contributed by atoms with E-state index in [-0.39, 0.29) is 24.0 Å². The molecule has 0 saturated carbocycles. The van der Waals surface area contributed by atoms with Crippen LogP contribution < -0.4 is 24.0 Å². The Kier molecular flexibility index (Phi) is 5.05. The molecule has 2 bridgehead atoms. The minimum absolute atomic E-state index is 0. The zero-order chi connectivity index (χ0) is 15.9. The Bertz CT molecular complexity index is 625. The van der Waals surface area contributed by atoms with E-state index in [2.05, 4.69) is 31.3 Å². The van der Waals surface area contributed by atoms with E-state index in [4.69, 9.17) is 0 Å². The molecule has 0 radical (unpaired) electrons. The second kappa shape index (κ2) is 6.77. The quantitative estimate of drug-likeness (QED) is 0.548. The number of rotatable bonds is 3. The molecule has 1 atom stereocenters. The van der Waals surface area contributed by atoms with Gasteiger partial charge in [-0.2, -0.15) is 0 Å². The van der Waals surface area contributed by atoms with Gasteiger partial charge in [0.1, 0.15) is 5.60 Å². The molecule has 3 heteroatoms. The van der Waals surface area contributed by atoms with Gasteiger partial charge in [-0.1, -0.05) is 60.7 Å². The SMILES string of the molecule is C[N+]12CCC(CC1)C(C(O)(c1ccccc1)c1ccccc1)C2.[I-]. The fraction of sp³-hybridized carbons (Fsp3) is 0.429. The summed E-state index contributed by atoms with van der Waals surface area (Å²) in [5.41, 5.74) is 1.20. The lowest BCUT2D eigenvalue weighted by Crippen LogP contribution is -3.00. The number of nitrogens with zero attached hydrogens (tertiary/aromatic N) is 1. The first-order valence-electron chi connectivity index (χ1n) is 8.79. The fourth-order valence-electron chi connectivity index (χ4n) is 4.87. The summed E-state index contributed by atoms with van der Waals surface area (Å²) in [4.78, 5) is 0. The molecule has 0 aliphatic carbocycles. The van der Waals surface area contributed by atoms with Crippen molar-refractivity contribution in [3.63, 3.8) is 0 Å². The highest BCUT2D eigenvalue weighted by atomic mass is 127. The lowest BCUT2D eigenvalue weighted by molar-refractivity contribution is -0.930. The van der Waals surface area contributed by atoms with Crippen LogP contribution in [-0.4, -0.2) is 36.3 Å². The van der Waals surface area contributed by atoms with Crippen LogP contribution in [0.25, 0.3) is 0 Å². The molecule has 1 unspecified atom stereocenters. The molecule has 1 N–H and O–H groups in total. The molecule has 3 fully saturated rings. The van der Waals surface area contributed by atoms with Crippen molar-refractivity contribution in [3.05, 3.63) is 71.8 Å². The molecule has 24 heavy (non-hydrogen) atoms. The van der Waals surface area contributed by atoms with Crippen LogP contribution in [-0.2, 0) is 5.60 Å². The van der Waals surface area contributed by atoms with Crippen molar-refractivity contribution in [3.8, 4) is 0 Å². The van der Waals surface area contributed by atoms with Crippen molar-refractivity contribution >= 4 is 0 Å². The highest BCUT2D eigenvalue weighted by Gasteiger charge is 2.53. The van der Waals surface area contributed by atoms with Gasteiger partial charge in [-0.15, -0.1) is 0 Å². The Labute approximate surface area is 162 Å². The molecule has 0 aromatic heterocycles. The minimum Gasteiger partial charge on any atom is -1.00 e. The number of quaternary nitrogens is 1. The van der Waals surface area contributed by atoms with Crippen LogP contribution in [0.2, 0.25) is 0 Å². The molecule has 3 aliphatic heterocycles. The molecule has 3 heterocycles. The molecule has 2 aromatic rings. The number of benzene rings is 2. The summed E-state index contributed by atoms with van der Waals surface area (Å²) >= 11 is 0. The average Bonchev–Trinajstić information content (AvgIpc) is 2.62. The molecule has 5 rings (SSSR count). The maximum Gasteiger partial charge on any atom is 0.123 e. The summed E-state index contributed by atoms with van der Waals surface area (Å²) in [6.07, 6.45) is 2.48. The number of hydrogen-bond acceptors (Lipinski definition) is 1. The van der Waals surface area contributed by atoms with E-state index in [0.717, 1.165) is 22.2 Å². The van der Waals surface area contributed by atoms with E-state index in [1.165, 1.54) is 25.9 Å². The summed E-state index contributed by atoms with van der Waals surface area (Å²) in [5, 5.41) is 12.0. The predicted molar refractivity (Wildman–Crippen MR) is 92.9 cm³/mol. The number of aliphatic hydroxyl groups is 1. The van der Waals surface area contributed by atoms with E-state index in [0.29, 0.717) is 11.8 Å². The molecular weight excluding hydrogens is 409 g/mol. The third kappa shape index (κ3) is 2.91. The van der Waals surface area contributed by atoms with Crippen molar-refractivity contribution in [1.29, 1.82) is 0 Å². The summed E-state index contributed by atoms with van der Waals surface area (Å²) in [7, 11) is 2.36. The number of hydrogen-bond donors (Lipinski definition) is 1. The number of piperidine rings is 3. The lowest BCUT2D eigenvalue weighted by Gasteiger charge is -2.55. The maximum absolute atomic E-state index is 12.0. The van der Waals surface area contributed by atoms with E-state index >= 15 is 0 Å². The monoisotopic (exact) mass is 435 g/mol. The molecule has 2 aromatic carbocycles. The third-order valence-corrected chi connectivity index (χ3v) is 6.25. The van der Waals surface area contributed by atoms with E-state index in [1.54, 1.807) is 0 Å². The van der Waals surface area contributed by atoms with Gasteiger partial charge in [-0.25, -0.2) is 0 Å². The molecule has 3 aliphatic rings. The van der Waals surface area contributed by atoms with Crippen LogP contribution in [0.4, 0.5) is 0 Å². The largest absolute Gasteiger partial charge is 1.00 e. The van der Waals surface area contributed by atoms with E-state index in [1.807, 2.05) is 36.4 Å². The summed E-state index contributed by atoms with van der Waals surface area (Å²) in [6, 6.07) is 20.6. The summed E-state index contributed by atoms with van der Waals surface area (Å²) in [6.45, 7) is 3.60. The number of fused-ring (bicyclic) bond motifs is 3. The first-order valence-corrected chi connectivity index (χ1v) is 8.79. The topological polar surface area (TPSA) is 20.2 Å². The highest BCUT2D eigenvalue weighted by molar-refractivity contribution is 5.37. The van der Waals surface area contributed by atoms with Gasteiger partial charge in [0.05, 0.1) is 26.7 Å². The molecular formula is C21H26INO. The van der Waals surface area contributed by atoms with Crippen LogP contribution in [0.1, 0.15) is 24.0 Å². The second-order valence-corrected chi connectivity index (χ2v) is 7.69. The Hall–Kier alpha value is -0.910. The first kappa shape index (κ1) is 17.9. The summed E-state index contributed by atoms with van der Waals surface area (Å²) < 4.78 is 1.11. The van der Waals surface area contributed by atoms with Gasteiger partial charge in [0.25, 0.3) is 0 Å². The average molecular weight is 435 g/mol. The van der Waals surface area contributed by atoms with Crippen molar-refractivity contribution in [2.45, 2.75) is 18.4 Å². The Morgan fingerprint density at radius 1 is 0.875 bits per heavy atom. The maximum atomic E-state index is 12.0. The van der Waals surface area contributed by atoms with Crippen LogP contribution in [0, 0.1) is 11.8 Å². The third-order valence-electron chi connectivity index (χ3n) is 6.25. The van der Waals surface area contributed by atoms with Crippen LogP contribution in [0.5, 0.6) is 0 Å². The van der Waals surface area contributed by atoms with Gasteiger partial charge >= 0.3 is 0 Å². The van der Waals surface area contributed by atoms with Crippen LogP contribution in [0.15, 0.2) is 60.7 Å². The highest BCUT2D eigenvalue weighted by Crippen LogP contribution is 2.48. The normalized spacial score (nSPS) is 29.1. The van der Waals surface area contributed by atoms with Gasteiger partial charge in [-0.3, -0.25) is 0 Å². The standard InChI is InChI=1S/C21H26NO.HI/c1-22-14-12-17(13-15-22)20(16-22)21(23,18-8-4-2-5-9-18)19-10-6-3-7-11-19;/h2-11,17,20,23H,12-16H2,1H3;1H/q+1;/p-1. The molecule has 128 valence electrons. The summed E-state index contributed by atoms with van der Waals surface area (Å²) in [5.74, 6) is 0.917. The van der Waals surface area contributed by atoms with Crippen LogP contribution in [0.3, 0.4) is 0 Å². The number of halogens is 1. The van der Waals surface area contributed by atoms with E-state index in [9.17, 15) is 5.11 Å². The predicted octanol–water partition coefficient (Wildman–Crippen LogP) is 0.413. The van der Waals surface area contributed by atoms with Gasteiger partial charge in [0.2, 0.25) is 0 Å². The van der Waals surface area contributed by atoms with Crippen molar-refractivity contribution in [1.82, 2.24) is 0 Å². The molecule has 0 spiro atoms. The minimum atomic E-state index is -0.881. The van der Waals surface area contributed by atoms with Gasteiger partial charge in [-0.05, 0) is 17.0 Å². The van der Waals surface area contributed by atoms with Gasteiger partial charge in [0.15, 0.2) is 0 Å².